The minimum atomic E-state index is -4.72. The van der Waals surface area contributed by atoms with Crippen LogP contribution < -0.4 is 5.32 Å². The first kappa shape index (κ1) is 18.9. The summed E-state index contributed by atoms with van der Waals surface area (Å²) in [6.07, 6.45) is -6.28. The number of aryl methyl sites for hydroxylation is 1. The lowest BCUT2D eigenvalue weighted by molar-refractivity contribution is -0.160. The third-order valence-corrected chi connectivity index (χ3v) is 2.92. The van der Waals surface area contributed by atoms with Crippen LogP contribution in [0.3, 0.4) is 0 Å². The summed E-state index contributed by atoms with van der Waals surface area (Å²) in [6, 6.07) is 1.15. The molecule has 1 atom stereocenters. The summed E-state index contributed by atoms with van der Waals surface area (Å²) in [7, 11) is 0. The van der Waals surface area contributed by atoms with Crippen LogP contribution in [0.2, 0.25) is 0 Å². The van der Waals surface area contributed by atoms with Gasteiger partial charge in [-0.1, -0.05) is 6.07 Å². The Labute approximate surface area is 128 Å². The van der Waals surface area contributed by atoms with E-state index >= 15 is 0 Å². The van der Waals surface area contributed by atoms with Crippen molar-refractivity contribution in [3.63, 3.8) is 0 Å². The van der Waals surface area contributed by atoms with E-state index < -0.39 is 42.1 Å². The van der Waals surface area contributed by atoms with Gasteiger partial charge in [0, 0.05) is 6.42 Å². The molecule has 0 aliphatic rings. The Morgan fingerprint density at radius 2 is 1.83 bits per heavy atom. The number of carboxylic acids is 1. The Kier molecular flexibility index (Phi) is 6.47. The number of rotatable bonds is 7. The highest BCUT2D eigenvalue weighted by Crippen LogP contribution is 2.21. The number of benzene rings is 1. The highest BCUT2D eigenvalue weighted by atomic mass is 19.4. The van der Waals surface area contributed by atoms with Crippen molar-refractivity contribution in [1.82, 2.24) is 5.32 Å². The molecule has 0 bridgehead atoms. The molecule has 1 aromatic carbocycles. The van der Waals surface area contributed by atoms with Crippen molar-refractivity contribution < 1.29 is 36.6 Å². The van der Waals surface area contributed by atoms with Crippen LogP contribution in [0.1, 0.15) is 24.8 Å². The maximum Gasteiger partial charge on any atom is 0.391 e. The van der Waals surface area contributed by atoms with Crippen LogP contribution in [0.25, 0.3) is 0 Å². The molecule has 9 heteroatoms. The average molecular weight is 339 g/mol. The van der Waals surface area contributed by atoms with Crippen molar-refractivity contribution in [3.8, 4) is 0 Å². The molecule has 23 heavy (non-hydrogen) atoms. The quantitative estimate of drug-likeness (QED) is 0.751. The number of halogens is 5. The summed E-state index contributed by atoms with van der Waals surface area (Å²) in [5.74, 6) is -4.69. The predicted octanol–water partition coefficient (Wildman–Crippen LogP) is 2.81. The highest BCUT2D eigenvalue weighted by Gasteiger charge is 2.36. The van der Waals surface area contributed by atoms with E-state index in [1.165, 1.54) is 6.07 Å². The maximum absolute atomic E-state index is 13.0. The third-order valence-electron chi connectivity index (χ3n) is 2.92. The molecule has 1 amide bonds. The second-order valence-electron chi connectivity index (χ2n) is 4.88. The molecule has 0 fully saturated rings. The molecule has 1 aromatic rings. The van der Waals surface area contributed by atoms with Crippen LogP contribution in [0, 0.1) is 11.6 Å². The number of nitrogens with one attached hydrogen (secondary N) is 1. The molecule has 0 aliphatic carbocycles. The molecule has 0 aromatic heterocycles. The van der Waals surface area contributed by atoms with Crippen molar-refractivity contribution >= 4 is 11.9 Å². The SMILES string of the molecule is O=C(CCCc1ccc(F)c(F)c1)NC(CC(F)(F)F)C(=O)O. The van der Waals surface area contributed by atoms with E-state index in [1.807, 2.05) is 0 Å². The van der Waals surface area contributed by atoms with Gasteiger partial charge in [0.05, 0.1) is 6.42 Å². The van der Waals surface area contributed by atoms with Crippen LogP contribution >= 0.6 is 0 Å². The van der Waals surface area contributed by atoms with E-state index in [2.05, 4.69) is 0 Å². The molecule has 0 saturated heterocycles. The third kappa shape index (κ3) is 7.07. The van der Waals surface area contributed by atoms with Gasteiger partial charge in [-0.3, -0.25) is 4.79 Å². The molecule has 0 spiro atoms. The largest absolute Gasteiger partial charge is 0.480 e. The van der Waals surface area contributed by atoms with Crippen LogP contribution in [0.15, 0.2) is 18.2 Å². The summed E-state index contributed by atoms with van der Waals surface area (Å²) >= 11 is 0. The number of carbonyl (C=O) groups is 2. The van der Waals surface area contributed by atoms with Crippen LogP contribution in [-0.4, -0.2) is 29.2 Å². The topological polar surface area (TPSA) is 66.4 Å². The monoisotopic (exact) mass is 339 g/mol. The van der Waals surface area contributed by atoms with Crippen LogP contribution in [0.5, 0.6) is 0 Å². The Hall–Kier alpha value is -2.19. The Balaban J connectivity index is 2.46. The number of hydrogen-bond acceptors (Lipinski definition) is 2. The second-order valence-corrected chi connectivity index (χ2v) is 4.88. The van der Waals surface area contributed by atoms with Gasteiger partial charge in [-0.2, -0.15) is 13.2 Å². The first-order valence-corrected chi connectivity index (χ1v) is 6.61. The van der Waals surface area contributed by atoms with Gasteiger partial charge in [0.25, 0.3) is 0 Å². The molecule has 0 saturated carbocycles. The highest BCUT2D eigenvalue weighted by molar-refractivity contribution is 5.83. The smallest absolute Gasteiger partial charge is 0.391 e. The van der Waals surface area contributed by atoms with E-state index in [-0.39, 0.29) is 19.3 Å². The fraction of sp³-hybridized carbons (Fsp3) is 0.429. The molecule has 0 radical (unpaired) electrons. The zero-order valence-corrected chi connectivity index (χ0v) is 11.8. The number of alkyl halides is 3. The summed E-state index contributed by atoms with van der Waals surface area (Å²) in [4.78, 5) is 22.2. The lowest BCUT2D eigenvalue weighted by atomic mass is 10.1. The summed E-state index contributed by atoms with van der Waals surface area (Å²) in [5, 5.41) is 10.4. The minimum absolute atomic E-state index is 0.148. The van der Waals surface area contributed by atoms with Gasteiger partial charge in [0.15, 0.2) is 11.6 Å². The summed E-state index contributed by atoms with van der Waals surface area (Å²) in [5.41, 5.74) is 0.418. The van der Waals surface area contributed by atoms with Gasteiger partial charge < -0.3 is 10.4 Å². The molecule has 4 nitrogen and oxygen atoms in total. The Morgan fingerprint density at radius 1 is 1.17 bits per heavy atom. The van der Waals surface area contributed by atoms with Crippen molar-refractivity contribution in [3.05, 3.63) is 35.4 Å². The lowest BCUT2D eigenvalue weighted by Crippen LogP contribution is -2.43. The van der Waals surface area contributed by atoms with Gasteiger partial charge in [0.2, 0.25) is 5.91 Å². The zero-order chi connectivity index (χ0) is 17.6. The molecule has 1 rings (SSSR count). The minimum Gasteiger partial charge on any atom is -0.480 e. The fourth-order valence-electron chi connectivity index (χ4n) is 1.85. The van der Waals surface area contributed by atoms with Gasteiger partial charge in [0.1, 0.15) is 6.04 Å². The first-order valence-electron chi connectivity index (χ1n) is 6.61. The molecule has 2 N–H and O–H groups in total. The predicted molar refractivity (Wildman–Crippen MR) is 69.5 cm³/mol. The van der Waals surface area contributed by atoms with E-state index in [4.69, 9.17) is 5.11 Å². The second kappa shape index (κ2) is 7.89. The molecule has 0 aliphatic heterocycles. The standard InChI is InChI=1S/C14H14F5NO3/c15-9-5-4-8(6-10(9)16)2-1-3-12(21)20-11(13(22)23)7-14(17,18)19/h4-6,11H,1-3,7H2,(H,20,21)(H,22,23). The zero-order valence-electron chi connectivity index (χ0n) is 11.8. The molecule has 128 valence electrons. The number of carboxylic acid groups (broad SMARTS) is 1. The van der Waals surface area contributed by atoms with Crippen LogP contribution in [0.4, 0.5) is 22.0 Å². The van der Waals surface area contributed by atoms with Gasteiger partial charge >= 0.3 is 12.1 Å². The van der Waals surface area contributed by atoms with Gasteiger partial charge in [-0.05, 0) is 30.5 Å². The molecule has 1 unspecified atom stereocenters. The molecular weight excluding hydrogens is 325 g/mol. The van der Waals surface area contributed by atoms with Gasteiger partial charge in [-0.25, -0.2) is 13.6 Å². The number of hydrogen-bond donors (Lipinski definition) is 2. The van der Waals surface area contributed by atoms with Crippen LogP contribution in [-0.2, 0) is 16.0 Å². The molecular formula is C14H14F5NO3. The van der Waals surface area contributed by atoms with E-state index in [0.717, 1.165) is 12.1 Å². The summed E-state index contributed by atoms with van der Waals surface area (Å²) < 4.78 is 62.2. The van der Waals surface area contributed by atoms with Crippen molar-refractivity contribution in [2.24, 2.45) is 0 Å². The lowest BCUT2D eigenvalue weighted by Gasteiger charge is -2.16. The number of aliphatic carboxylic acids is 1. The number of amides is 1. The van der Waals surface area contributed by atoms with Crippen molar-refractivity contribution in [1.29, 1.82) is 0 Å². The van der Waals surface area contributed by atoms with E-state index in [1.54, 1.807) is 5.32 Å². The maximum atomic E-state index is 13.0. The fourth-order valence-corrected chi connectivity index (χ4v) is 1.85. The summed E-state index contributed by atoms with van der Waals surface area (Å²) in [6.45, 7) is 0. The Bertz CT molecular complexity index is 574. The average Bonchev–Trinajstić information content (AvgIpc) is 2.40. The molecule has 0 heterocycles. The van der Waals surface area contributed by atoms with Crippen molar-refractivity contribution in [2.45, 2.75) is 37.9 Å². The first-order chi connectivity index (χ1) is 10.6. The van der Waals surface area contributed by atoms with Crippen molar-refractivity contribution in [2.75, 3.05) is 0 Å². The van der Waals surface area contributed by atoms with E-state index in [0.29, 0.717) is 5.56 Å². The van der Waals surface area contributed by atoms with Gasteiger partial charge in [-0.15, -0.1) is 0 Å². The van der Waals surface area contributed by atoms with E-state index in [9.17, 15) is 31.5 Å². The normalized spacial score (nSPS) is 12.7. The Morgan fingerprint density at radius 3 is 2.35 bits per heavy atom. The number of carbonyl (C=O) groups excluding carboxylic acids is 1.